The predicted molar refractivity (Wildman–Crippen MR) is 153 cm³/mol. The third kappa shape index (κ3) is 11.4. The molecule has 22 heteroatoms. The van der Waals surface area contributed by atoms with Gasteiger partial charge in [0.25, 0.3) is 0 Å². The summed E-state index contributed by atoms with van der Waals surface area (Å²) >= 11 is 0. The Morgan fingerprint density at radius 1 is 0.766 bits per heavy atom. The first-order chi connectivity index (χ1) is 22.0. The van der Waals surface area contributed by atoms with Gasteiger partial charge in [0.2, 0.25) is 0 Å². The van der Waals surface area contributed by atoms with E-state index >= 15 is 0 Å². The van der Waals surface area contributed by atoms with Crippen LogP contribution in [-0.4, -0.2) is 103 Å². The lowest BCUT2D eigenvalue weighted by molar-refractivity contribution is -0.293. The Kier molecular flexibility index (Phi) is 13.9. The fourth-order valence-corrected chi connectivity index (χ4v) is 5.04. The number of ether oxygens (including phenoxy) is 7. The average Bonchev–Trinajstić information content (AvgIpc) is 2.92. The van der Waals surface area contributed by atoms with Gasteiger partial charge in [0.1, 0.15) is 30.0 Å². The molecule has 0 spiro atoms. The molecule has 2 fully saturated rings. The number of alkyl carbamates (subject to hydrolysis) is 1. The molecule has 1 saturated heterocycles. The monoisotopic (exact) mass is 668 g/mol. The number of nitrogens with one attached hydrogen (secondary N) is 1. The minimum Gasteiger partial charge on any atom is -0.458 e. The molecule has 22 nitrogen and oxygen atoms in total. The average molecular weight is 669 g/mol. The topological polar surface area (TPSA) is 308 Å². The van der Waals surface area contributed by atoms with Crippen LogP contribution in [-0.2, 0) is 52.3 Å². The Hall–Kier alpha value is -5.00. The molecule has 1 amide bonds. The normalized spacial score (nSPS) is 30.0. The zero-order valence-electron chi connectivity index (χ0n) is 26.6. The van der Waals surface area contributed by atoms with E-state index in [1.54, 1.807) is 20.8 Å². The maximum atomic E-state index is 12.9. The van der Waals surface area contributed by atoms with Crippen molar-refractivity contribution in [3.05, 3.63) is 31.3 Å². The molecule has 0 aromatic rings. The van der Waals surface area contributed by atoms with E-state index in [0.717, 1.165) is 27.7 Å². The third-order valence-electron chi connectivity index (χ3n) is 6.44. The Morgan fingerprint density at radius 3 is 1.81 bits per heavy atom. The lowest BCUT2D eigenvalue weighted by Gasteiger charge is -2.48. The van der Waals surface area contributed by atoms with Crippen molar-refractivity contribution in [3.63, 3.8) is 0 Å². The van der Waals surface area contributed by atoms with Gasteiger partial charge in [0.15, 0.2) is 24.6 Å². The van der Waals surface area contributed by atoms with Crippen LogP contribution >= 0.6 is 0 Å². The predicted octanol–water partition coefficient (Wildman–Crippen LogP) is 2.79. The summed E-state index contributed by atoms with van der Waals surface area (Å²) in [6.45, 7) is 8.47. The van der Waals surface area contributed by atoms with Crippen LogP contribution in [0.25, 0.3) is 31.3 Å². The van der Waals surface area contributed by atoms with E-state index in [2.05, 4.69) is 35.4 Å². The van der Waals surface area contributed by atoms with Crippen LogP contribution in [0.1, 0.15) is 54.9 Å². The van der Waals surface area contributed by atoms with Gasteiger partial charge in [-0.2, -0.15) is 0 Å². The van der Waals surface area contributed by atoms with Crippen LogP contribution in [0.2, 0.25) is 0 Å². The van der Waals surface area contributed by atoms with Crippen molar-refractivity contribution in [2.45, 2.75) is 122 Å². The van der Waals surface area contributed by atoms with Crippen molar-refractivity contribution in [3.8, 4) is 0 Å². The van der Waals surface area contributed by atoms with Crippen molar-refractivity contribution in [1.82, 2.24) is 5.32 Å². The first-order valence-electron chi connectivity index (χ1n) is 14.1. The molecular formula is C25H36N10O12. The summed E-state index contributed by atoms with van der Waals surface area (Å²) in [4.78, 5) is 69.8. The number of hydrogen-bond donors (Lipinski definition) is 1. The first kappa shape index (κ1) is 38.2. The summed E-state index contributed by atoms with van der Waals surface area (Å²) in [6, 6.07) is -4.06. The van der Waals surface area contributed by atoms with Crippen LogP contribution in [0.15, 0.2) is 15.3 Å². The first-order valence-corrected chi connectivity index (χ1v) is 14.1. The van der Waals surface area contributed by atoms with Gasteiger partial charge in [-0.25, -0.2) is 4.79 Å². The molecule has 1 aliphatic heterocycles. The van der Waals surface area contributed by atoms with Crippen LogP contribution < -0.4 is 5.32 Å². The summed E-state index contributed by atoms with van der Waals surface area (Å²) in [7, 11) is 0. The summed E-state index contributed by atoms with van der Waals surface area (Å²) < 4.78 is 39.2. The second-order valence-corrected chi connectivity index (χ2v) is 11.3. The number of hydrogen-bond acceptors (Lipinski definition) is 15. The van der Waals surface area contributed by atoms with E-state index in [1.165, 1.54) is 0 Å². The molecule has 0 bridgehead atoms. The molecule has 2 aliphatic rings. The van der Waals surface area contributed by atoms with Crippen molar-refractivity contribution in [2.24, 2.45) is 15.3 Å². The molecule has 0 aromatic heterocycles. The Bertz CT molecular complexity index is 1340. The van der Waals surface area contributed by atoms with Gasteiger partial charge in [-0.3, -0.25) is 19.2 Å². The van der Waals surface area contributed by atoms with Gasteiger partial charge in [-0.05, 0) is 43.8 Å². The zero-order valence-corrected chi connectivity index (χ0v) is 26.6. The highest BCUT2D eigenvalue weighted by molar-refractivity contribution is 5.69. The minimum atomic E-state index is -1.75. The van der Waals surface area contributed by atoms with Gasteiger partial charge in [-0.15, -0.1) is 0 Å². The molecule has 0 radical (unpaired) electrons. The zero-order chi connectivity index (χ0) is 35.5. The second kappa shape index (κ2) is 17.1. The van der Waals surface area contributed by atoms with Crippen LogP contribution in [0, 0.1) is 0 Å². The van der Waals surface area contributed by atoms with E-state index in [1.807, 2.05) is 0 Å². The van der Waals surface area contributed by atoms with Gasteiger partial charge in [0, 0.05) is 42.4 Å². The van der Waals surface area contributed by atoms with Crippen molar-refractivity contribution >= 4 is 30.0 Å². The summed E-state index contributed by atoms with van der Waals surface area (Å²) in [5, 5.41) is 13.4. The molecule has 47 heavy (non-hydrogen) atoms. The fourth-order valence-electron chi connectivity index (χ4n) is 5.04. The van der Waals surface area contributed by atoms with E-state index in [4.69, 9.17) is 38.7 Å². The SMILES string of the molecule is CC(=O)O[C@@H]1[C@@H](OC(C)=O)[C@H](N=[N+]=[N-])C[C@H](NC(=O)OC(C)(C)C)[C@H]1O[C@H]1O[C@H](CN=[N+]=[N-])[C@@H](OC(C)=O)[C@H](OC(C)=O)[C@H]1N=[N+]=[N-]. The maximum Gasteiger partial charge on any atom is 0.407 e. The lowest BCUT2D eigenvalue weighted by atomic mass is 9.83. The molecule has 1 saturated carbocycles. The number of esters is 4. The molecule has 258 valence electrons. The fraction of sp³-hybridized carbons (Fsp3) is 0.800. The maximum absolute atomic E-state index is 12.9. The number of amides is 1. The summed E-state index contributed by atoms with van der Waals surface area (Å²) in [6.07, 6.45) is -12.0. The molecule has 1 heterocycles. The van der Waals surface area contributed by atoms with Gasteiger partial charge >= 0.3 is 30.0 Å². The van der Waals surface area contributed by atoms with Gasteiger partial charge < -0.3 is 38.5 Å². The van der Waals surface area contributed by atoms with Crippen molar-refractivity contribution in [1.29, 1.82) is 0 Å². The molecule has 2 rings (SSSR count). The highest BCUT2D eigenvalue weighted by Crippen LogP contribution is 2.36. The number of rotatable bonds is 11. The number of nitrogens with zero attached hydrogens (tertiary/aromatic N) is 9. The summed E-state index contributed by atoms with van der Waals surface area (Å²) in [5.74, 6) is -3.49. The number of azide groups is 3. The highest BCUT2D eigenvalue weighted by atomic mass is 16.7. The quantitative estimate of drug-likeness (QED) is 0.109. The van der Waals surface area contributed by atoms with E-state index < -0.39 is 103 Å². The molecule has 0 aromatic carbocycles. The van der Waals surface area contributed by atoms with Crippen molar-refractivity contribution < 1.29 is 57.1 Å². The molecular weight excluding hydrogens is 632 g/mol. The van der Waals surface area contributed by atoms with E-state index in [-0.39, 0.29) is 6.42 Å². The van der Waals surface area contributed by atoms with Crippen LogP contribution in [0.5, 0.6) is 0 Å². The smallest absolute Gasteiger partial charge is 0.407 e. The second-order valence-electron chi connectivity index (χ2n) is 11.3. The standard InChI is InChI=1S/C25H36N10O12/c1-10(36)41-19-15(31-34-27)8-14(30-24(40)47-25(5,6)7)18(22(19)44-13(4)39)46-23-17(32-35-28)21(43-12(3)38)20(42-11(2)37)16(45-23)9-29-33-26/h14-23H,8-9H2,1-7H3,(H,30,40)/t14-,15+,16+,17+,18+,19-,20+,21+,22-,23+/m0/s1. The molecule has 10 atom stereocenters. The largest absolute Gasteiger partial charge is 0.458 e. The van der Waals surface area contributed by atoms with Crippen LogP contribution in [0.3, 0.4) is 0 Å². The number of carbonyl (C=O) groups is 5. The Balaban J connectivity index is 2.75. The molecule has 1 N–H and O–H groups in total. The van der Waals surface area contributed by atoms with Crippen molar-refractivity contribution in [2.75, 3.05) is 6.54 Å². The highest BCUT2D eigenvalue weighted by Gasteiger charge is 2.55. The number of carbonyl (C=O) groups excluding carboxylic acids is 5. The summed E-state index contributed by atoms with van der Waals surface area (Å²) in [5.41, 5.74) is 26.7. The molecule has 1 aliphatic carbocycles. The molecule has 0 unspecified atom stereocenters. The third-order valence-corrected chi connectivity index (χ3v) is 6.44. The van der Waals surface area contributed by atoms with E-state index in [0.29, 0.717) is 0 Å². The van der Waals surface area contributed by atoms with Gasteiger partial charge in [0.05, 0.1) is 18.6 Å². The van der Waals surface area contributed by atoms with E-state index in [9.17, 15) is 35.0 Å². The van der Waals surface area contributed by atoms with Crippen LogP contribution in [0.4, 0.5) is 4.79 Å². The lowest BCUT2D eigenvalue weighted by Crippen LogP contribution is -2.67. The Morgan fingerprint density at radius 2 is 1.30 bits per heavy atom. The minimum absolute atomic E-state index is 0.270. The van der Waals surface area contributed by atoms with Gasteiger partial charge in [-0.1, -0.05) is 15.3 Å². The Labute approximate surface area is 267 Å².